The van der Waals surface area contributed by atoms with Gasteiger partial charge in [-0.15, -0.1) is 0 Å². The summed E-state index contributed by atoms with van der Waals surface area (Å²) in [5, 5.41) is 4.47. The highest BCUT2D eigenvalue weighted by Crippen LogP contribution is 2.33. The molecule has 0 amide bonds. The lowest BCUT2D eigenvalue weighted by molar-refractivity contribution is 0.625. The van der Waals surface area contributed by atoms with Crippen LogP contribution in [0.4, 0.5) is 11.6 Å². The average molecular weight is 380 g/mol. The van der Waals surface area contributed by atoms with Gasteiger partial charge < -0.3 is 16.0 Å². The van der Waals surface area contributed by atoms with Gasteiger partial charge >= 0.3 is 0 Å². The molecular weight excluding hydrogens is 360 g/mol. The summed E-state index contributed by atoms with van der Waals surface area (Å²) in [7, 11) is 0. The van der Waals surface area contributed by atoms with Gasteiger partial charge in [0.25, 0.3) is 0 Å². The maximum Gasteiger partial charge on any atom is 0.223 e. The minimum absolute atomic E-state index is 0.0622. The maximum atomic E-state index is 7.20. The summed E-state index contributed by atoms with van der Waals surface area (Å²) in [4.78, 5) is 16.1. The summed E-state index contributed by atoms with van der Waals surface area (Å²) >= 11 is 0. The van der Waals surface area contributed by atoms with E-state index in [2.05, 4.69) is 32.3 Å². The number of nitrogens with zero attached hydrogens (tertiary/aromatic N) is 3. The number of anilines is 1. The number of nitrogens with two attached hydrogens (primary N) is 1. The molecule has 0 aliphatic heterocycles. The van der Waals surface area contributed by atoms with Crippen molar-refractivity contribution in [1.29, 1.82) is 0 Å². The van der Waals surface area contributed by atoms with Gasteiger partial charge in [-0.2, -0.15) is 0 Å². The smallest absolute Gasteiger partial charge is 0.223 e. The van der Waals surface area contributed by atoms with Crippen molar-refractivity contribution in [3.05, 3.63) is 83.0 Å². The Morgan fingerprint density at radius 2 is 2.10 bits per heavy atom. The fourth-order valence-corrected chi connectivity index (χ4v) is 4.10. The van der Waals surface area contributed by atoms with Gasteiger partial charge in [-0.3, -0.25) is 0 Å². The minimum Gasteiger partial charge on any atom is -0.362 e. The van der Waals surface area contributed by atoms with Crippen LogP contribution >= 0.6 is 0 Å². The van der Waals surface area contributed by atoms with E-state index in [0.29, 0.717) is 11.6 Å². The summed E-state index contributed by atoms with van der Waals surface area (Å²) < 4.78 is 0. The molecule has 1 aliphatic rings. The van der Waals surface area contributed by atoms with Gasteiger partial charge in [0.05, 0.1) is 24.3 Å². The van der Waals surface area contributed by atoms with Crippen LogP contribution in [0.3, 0.4) is 0 Å². The molecule has 1 aliphatic carbocycles. The number of benzene rings is 2. The van der Waals surface area contributed by atoms with Crippen molar-refractivity contribution >= 4 is 22.5 Å². The molecule has 2 aromatic carbocycles. The van der Waals surface area contributed by atoms with E-state index in [4.69, 9.17) is 17.3 Å². The van der Waals surface area contributed by atoms with Gasteiger partial charge in [-0.1, -0.05) is 36.4 Å². The number of hydrogen-bond acceptors (Lipinski definition) is 4. The Bertz CT molecular complexity index is 1270. The van der Waals surface area contributed by atoms with E-state index >= 15 is 0 Å². The highest BCUT2D eigenvalue weighted by atomic mass is 15.1. The zero-order valence-electron chi connectivity index (χ0n) is 16.0. The van der Waals surface area contributed by atoms with Crippen LogP contribution in [0, 0.1) is 13.5 Å². The third-order valence-corrected chi connectivity index (χ3v) is 5.62. The second-order valence-electron chi connectivity index (χ2n) is 7.45. The second-order valence-corrected chi connectivity index (χ2v) is 7.45. The molecular formula is C23H20N6. The van der Waals surface area contributed by atoms with E-state index in [1.54, 1.807) is 0 Å². The van der Waals surface area contributed by atoms with E-state index in [9.17, 15) is 0 Å². The quantitative estimate of drug-likeness (QED) is 0.456. The molecule has 0 unspecified atom stereocenters. The van der Waals surface area contributed by atoms with Crippen LogP contribution in [0.15, 0.2) is 54.9 Å². The first kappa shape index (κ1) is 17.4. The van der Waals surface area contributed by atoms with Crippen molar-refractivity contribution in [2.75, 3.05) is 5.32 Å². The Hall–Kier alpha value is -3.69. The molecule has 0 saturated carbocycles. The Balaban J connectivity index is 1.48. The van der Waals surface area contributed by atoms with E-state index < -0.39 is 0 Å². The van der Waals surface area contributed by atoms with Gasteiger partial charge in [-0.25, -0.2) is 14.8 Å². The SMILES string of the molecule is [C-]#[N+]c1ccc2c(-c3nc(N[C@H]4Cc5ccccc5[C@@H]4N)ncc3C)c[nH]c2c1. The minimum atomic E-state index is -0.0836. The van der Waals surface area contributed by atoms with Crippen molar-refractivity contribution in [3.8, 4) is 11.3 Å². The van der Waals surface area contributed by atoms with Gasteiger partial charge in [0.15, 0.2) is 5.69 Å². The number of aryl methyl sites for hydroxylation is 1. The van der Waals surface area contributed by atoms with Crippen LogP contribution in [0.2, 0.25) is 0 Å². The van der Waals surface area contributed by atoms with Crippen LogP contribution in [0.5, 0.6) is 0 Å². The van der Waals surface area contributed by atoms with Gasteiger partial charge in [0.2, 0.25) is 5.95 Å². The van der Waals surface area contributed by atoms with E-state index in [1.165, 1.54) is 11.1 Å². The van der Waals surface area contributed by atoms with E-state index in [0.717, 1.165) is 34.1 Å². The third-order valence-electron chi connectivity index (χ3n) is 5.62. The number of aromatic nitrogens is 3. The summed E-state index contributed by atoms with van der Waals surface area (Å²) in [6, 6.07) is 13.9. The highest BCUT2D eigenvalue weighted by Gasteiger charge is 2.29. The van der Waals surface area contributed by atoms with Crippen LogP contribution < -0.4 is 11.1 Å². The molecule has 2 atom stereocenters. The summed E-state index contributed by atoms with van der Waals surface area (Å²) in [6.45, 7) is 9.20. The van der Waals surface area contributed by atoms with E-state index in [-0.39, 0.29) is 12.1 Å². The number of H-pyrrole nitrogens is 1. The van der Waals surface area contributed by atoms with Crippen molar-refractivity contribution in [1.82, 2.24) is 15.0 Å². The number of nitrogens with one attached hydrogen (secondary N) is 2. The van der Waals surface area contributed by atoms with Crippen molar-refractivity contribution < 1.29 is 0 Å². The summed E-state index contributed by atoms with van der Waals surface area (Å²) in [5.74, 6) is 0.575. The van der Waals surface area contributed by atoms with Crippen LogP contribution in [0.1, 0.15) is 22.7 Å². The van der Waals surface area contributed by atoms with Gasteiger partial charge in [0, 0.05) is 28.9 Å². The fraction of sp³-hybridized carbons (Fsp3) is 0.174. The standard InChI is InChI=1S/C23H20N6/c1-13-11-27-23(28-20-9-14-5-3-4-6-16(14)21(20)24)29-22(13)18-12-26-19-10-15(25-2)7-8-17(18)19/h3-8,10-12,20-21,26H,9,24H2,1H3,(H,27,28,29)/t20-,21-/m0/s1. The van der Waals surface area contributed by atoms with Crippen molar-refractivity contribution in [3.63, 3.8) is 0 Å². The number of hydrogen-bond donors (Lipinski definition) is 3. The lowest BCUT2D eigenvalue weighted by atomic mass is 10.1. The second kappa shape index (κ2) is 6.73. The lowest BCUT2D eigenvalue weighted by Crippen LogP contribution is -2.30. The summed E-state index contributed by atoms with van der Waals surface area (Å²) in [6.07, 6.45) is 4.63. The first-order valence-corrected chi connectivity index (χ1v) is 9.56. The van der Waals surface area contributed by atoms with Crippen molar-refractivity contribution in [2.24, 2.45) is 5.73 Å². The molecule has 6 heteroatoms. The van der Waals surface area contributed by atoms with E-state index in [1.807, 2.05) is 49.6 Å². The predicted octanol–water partition coefficient (Wildman–Crippen LogP) is 4.52. The summed E-state index contributed by atoms with van der Waals surface area (Å²) in [5.41, 5.74) is 13.3. The molecule has 4 N–H and O–H groups in total. The van der Waals surface area contributed by atoms with Crippen molar-refractivity contribution in [2.45, 2.75) is 25.4 Å². The number of rotatable bonds is 3. The molecule has 0 bridgehead atoms. The average Bonchev–Trinajstić information content (AvgIpc) is 3.30. The Kier molecular flexibility index (Phi) is 4.04. The Morgan fingerprint density at radius 1 is 1.24 bits per heavy atom. The van der Waals surface area contributed by atoms with Gasteiger partial charge in [-0.05, 0) is 36.1 Å². The Labute approximate surface area is 168 Å². The molecule has 6 nitrogen and oxygen atoms in total. The largest absolute Gasteiger partial charge is 0.362 e. The normalized spacial score (nSPS) is 17.8. The Morgan fingerprint density at radius 3 is 2.93 bits per heavy atom. The van der Waals surface area contributed by atoms with Gasteiger partial charge in [0.1, 0.15) is 0 Å². The molecule has 4 aromatic rings. The third kappa shape index (κ3) is 2.93. The first-order valence-electron chi connectivity index (χ1n) is 9.56. The zero-order valence-corrected chi connectivity index (χ0v) is 16.0. The number of fused-ring (bicyclic) bond motifs is 2. The molecule has 29 heavy (non-hydrogen) atoms. The van der Waals surface area contributed by atoms with Crippen LogP contribution in [0.25, 0.3) is 27.0 Å². The molecule has 0 radical (unpaired) electrons. The monoisotopic (exact) mass is 380 g/mol. The molecule has 142 valence electrons. The molecule has 0 fully saturated rings. The highest BCUT2D eigenvalue weighted by molar-refractivity contribution is 5.96. The lowest BCUT2D eigenvalue weighted by Gasteiger charge is -2.18. The predicted molar refractivity (Wildman–Crippen MR) is 115 cm³/mol. The van der Waals surface area contributed by atoms with Crippen LogP contribution in [-0.4, -0.2) is 21.0 Å². The topological polar surface area (TPSA) is 84.0 Å². The molecule has 2 aromatic heterocycles. The zero-order chi connectivity index (χ0) is 20.0. The fourth-order valence-electron chi connectivity index (χ4n) is 4.10. The number of aromatic amines is 1. The molecule has 0 saturated heterocycles. The van der Waals surface area contributed by atoms with Crippen LogP contribution in [-0.2, 0) is 6.42 Å². The molecule has 5 rings (SSSR count). The first-order chi connectivity index (χ1) is 14.1. The molecule has 2 heterocycles. The maximum absolute atomic E-state index is 7.20. The molecule has 0 spiro atoms.